The molecule has 0 radical (unpaired) electrons. The van der Waals surface area contributed by atoms with Crippen LogP contribution in [0, 0.1) is 12.7 Å². The summed E-state index contributed by atoms with van der Waals surface area (Å²) in [6.45, 7) is 1.67. The van der Waals surface area contributed by atoms with Gasteiger partial charge in [0.2, 0.25) is 0 Å². The second kappa shape index (κ2) is 8.64. The number of nitrogens with one attached hydrogen (secondary N) is 2. The van der Waals surface area contributed by atoms with Gasteiger partial charge >= 0.3 is 5.97 Å². The van der Waals surface area contributed by atoms with Crippen LogP contribution in [-0.2, 0) is 4.74 Å². The lowest BCUT2D eigenvalue weighted by molar-refractivity contribution is 0.0601. The van der Waals surface area contributed by atoms with Gasteiger partial charge in [0.1, 0.15) is 10.8 Å². The zero-order valence-electron chi connectivity index (χ0n) is 15.0. The van der Waals surface area contributed by atoms with E-state index in [2.05, 4.69) is 10.6 Å². The van der Waals surface area contributed by atoms with E-state index in [1.165, 1.54) is 30.2 Å². The van der Waals surface area contributed by atoms with Crippen LogP contribution in [0.25, 0.3) is 0 Å². The molecule has 0 bridgehead atoms. The van der Waals surface area contributed by atoms with Crippen molar-refractivity contribution in [2.45, 2.75) is 6.92 Å². The second-order valence-electron chi connectivity index (χ2n) is 5.66. The maximum Gasteiger partial charge on any atom is 0.341 e. The van der Waals surface area contributed by atoms with Crippen LogP contribution < -0.4 is 10.6 Å². The molecule has 0 aliphatic rings. The lowest BCUT2D eigenvalue weighted by atomic mass is 10.1. The quantitative estimate of drug-likeness (QED) is 0.562. The van der Waals surface area contributed by atoms with E-state index < -0.39 is 11.8 Å². The summed E-state index contributed by atoms with van der Waals surface area (Å²) in [4.78, 5) is 26.3. The Morgan fingerprint density at radius 3 is 2.52 bits per heavy atom. The zero-order chi connectivity index (χ0) is 20.3. The summed E-state index contributed by atoms with van der Waals surface area (Å²) in [6, 6.07) is 4.06. The summed E-state index contributed by atoms with van der Waals surface area (Å²) >= 11 is 12.1. The lowest BCUT2D eigenvalue weighted by Crippen LogP contribution is -2.21. The summed E-state index contributed by atoms with van der Waals surface area (Å²) in [6.07, 6.45) is 0. The fourth-order valence-electron chi connectivity index (χ4n) is 2.20. The van der Waals surface area contributed by atoms with Gasteiger partial charge in [0, 0.05) is 19.8 Å². The van der Waals surface area contributed by atoms with E-state index in [-0.39, 0.29) is 21.6 Å². The lowest BCUT2D eigenvalue weighted by Gasteiger charge is -2.11. The van der Waals surface area contributed by atoms with Crippen molar-refractivity contribution in [1.29, 1.82) is 0 Å². The number of methoxy groups -OCH3 is 1. The van der Waals surface area contributed by atoms with Crippen LogP contribution in [0.3, 0.4) is 0 Å². The highest BCUT2D eigenvalue weighted by Gasteiger charge is 2.26. The second-order valence-corrected chi connectivity index (χ2v) is 7.50. The molecule has 0 aliphatic heterocycles. The number of rotatable bonds is 4. The van der Waals surface area contributed by atoms with Gasteiger partial charge in [-0.25, -0.2) is 9.18 Å². The van der Waals surface area contributed by atoms with Crippen molar-refractivity contribution >= 4 is 62.8 Å². The van der Waals surface area contributed by atoms with Crippen molar-refractivity contribution in [1.82, 2.24) is 4.90 Å². The van der Waals surface area contributed by atoms with Crippen LogP contribution in [0.4, 0.5) is 15.1 Å². The first-order valence-electron chi connectivity index (χ1n) is 7.62. The van der Waals surface area contributed by atoms with E-state index in [1.807, 2.05) is 0 Å². The highest BCUT2D eigenvalue weighted by Crippen LogP contribution is 2.34. The van der Waals surface area contributed by atoms with Gasteiger partial charge in [-0.3, -0.25) is 4.79 Å². The third-order valence-corrected chi connectivity index (χ3v) is 5.23. The minimum absolute atomic E-state index is 0.0520. The number of hydrogen-bond donors (Lipinski definition) is 2. The predicted molar refractivity (Wildman–Crippen MR) is 110 cm³/mol. The minimum Gasteiger partial charge on any atom is -0.465 e. The molecule has 1 aromatic heterocycles. The van der Waals surface area contributed by atoms with Gasteiger partial charge in [-0.2, -0.15) is 0 Å². The van der Waals surface area contributed by atoms with Crippen LogP contribution in [-0.4, -0.2) is 43.1 Å². The summed E-state index contributed by atoms with van der Waals surface area (Å²) in [5.74, 6) is -1.37. The number of amides is 1. The number of benzene rings is 1. The largest absolute Gasteiger partial charge is 0.465 e. The van der Waals surface area contributed by atoms with Crippen molar-refractivity contribution in [2.24, 2.45) is 0 Å². The topological polar surface area (TPSA) is 70.7 Å². The van der Waals surface area contributed by atoms with E-state index in [0.29, 0.717) is 21.1 Å². The maximum absolute atomic E-state index is 13.3. The van der Waals surface area contributed by atoms with E-state index in [0.717, 1.165) is 11.3 Å². The summed E-state index contributed by atoms with van der Waals surface area (Å²) in [5, 5.41) is 6.21. The van der Waals surface area contributed by atoms with Gasteiger partial charge in [-0.15, -0.1) is 11.3 Å². The van der Waals surface area contributed by atoms with Crippen molar-refractivity contribution in [3.05, 3.63) is 45.0 Å². The molecule has 1 amide bonds. The smallest absolute Gasteiger partial charge is 0.341 e. The number of anilines is 2. The summed E-state index contributed by atoms with van der Waals surface area (Å²) < 4.78 is 18.1. The van der Waals surface area contributed by atoms with Gasteiger partial charge < -0.3 is 20.3 Å². The van der Waals surface area contributed by atoms with Gasteiger partial charge in [0.15, 0.2) is 5.11 Å². The minimum atomic E-state index is -0.586. The molecule has 144 valence electrons. The monoisotopic (exact) mass is 429 g/mol. The van der Waals surface area contributed by atoms with Crippen molar-refractivity contribution in [2.75, 3.05) is 31.8 Å². The molecule has 0 aliphatic carbocycles. The SMILES string of the molecule is COC(=O)c1c(NC(=S)Nc2ccc(F)c(Cl)c2)sc(C(=O)N(C)C)c1C. The zero-order valence-corrected chi connectivity index (χ0v) is 17.4. The molecule has 0 fully saturated rings. The molecule has 0 saturated carbocycles. The molecule has 2 aromatic rings. The molecule has 2 rings (SSSR count). The fourth-order valence-corrected chi connectivity index (χ4v) is 3.88. The van der Waals surface area contributed by atoms with Gasteiger partial charge in [-0.05, 0) is 42.9 Å². The first kappa shape index (κ1) is 21.1. The third-order valence-electron chi connectivity index (χ3n) is 3.54. The number of carbonyl (C=O) groups is 2. The van der Waals surface area contributed by atoms with Crippen molar-refractivity contribution < 1.29 is 18.7 Å². The highest BCUT2D eigenvalue weighted by atomic mass is 35.5. The molecule has 0 atom stereocenters. The predicted octanol–water partition coefficient (Wildman–Crippen LogP) is 4.15. The standard InChI is InChI=1S/C17H17ClFN3O3S2/c1-8-12(16(24)25-4)14(27-13(8)15(23)22(2)3)21-17(26)20-9-5-6-11(19)10(18)7-9/h5-7H,1-4H3,(H2,20,21,26). The average Bonchev–Trinajstić information content (AvgIpc) is 2.92. The Labute approximate surface area is 170 Å². The van der Waals surface area contributed by atoms with Gasteiger partial charge in [0.05, 0.1) is 22.6 Å². The molecule has 0 spiro atoms. The molecule has 0 unspecified atom stereocenters. The van der Waals surface area contributed by atoms with Crippen LogP contribution in [0.2, 0.25) is 5.02 Å². The molecular weight excluding hydrogens is 413 g/mol. The highest BCUT2D eigenvalue weighted by molar-refractivity contribution is 7.80. The molecule has 6 nitrogen and oxygen atoms in total. The van der Waals surface area contributed by atoms with Gasteiger partial charge in [-0.1, -0.05) is 11.6 Å². The number of thiocarbonyl (C=S) groups is 1. The summed E-state index contributed by atoms with van der Waals surface area (Å²) in [7, 11) is 4.50. The normalized spacial score (nSPS) is 10.3. The van der Waals surface area contributed by atoms with Crippen LogP contribution in [0.1, 0.15) is 25.6 Å². The van der Waals surface area contributed by atoms with Crippen molar-refractivity contribution in [3.63, 3.8) is 0 Å². The number of hydrogen-bond acceptors (Lipinski definition) is 5. The van der Waals surface area contributed by atoms with E-state index in [4.69, 9.17) is 28.6 Å². The van der Waals surface area contributed by atoms with E-state index in [9.17, 15) is 14.0 Å². The Bertz CT molecular complexity index is 915. The molecule has 10 heteroatoms. The Morgan fingerprint density at radius 2 is 1.96 bits per heavy atom. The fraction of sp³-hybridized carbons (Fsp3) is 0.235. The Kier molecular flexibility index (Phi) is 6.74. The number of ether oxygens (including phenoxy) is 1. The first-order chi connectivity index (χ1) is 12.6. The summed E-state index contributed by atoms with van der Waals surface area (Å²) in [5.41, 5.74) is 1.20. The van der Waals surface area contributed by atoms with Crippen LogP contribution in [0.15, 0.2) is 18.2 Å². The first-order valence-corrected chi connectivity index (χ1v) is 9.22. The van der Waals surface area contributed by atoms with Crippen LogP contribution in [0.5, 0.6) is 0 Å². The van der Waals surface area contributed by atoms with Gasteiger partial charge in [0.25, 0.3) is 5.91 Å². The molecule has 1 heterocycles. The van der Waals surface area contributed by atoms with Crippen LogP contribution >= 0.6 is 35.2 Å². The Balaban J connectivity index is 2.31. The Hall–Kier alpha value is -2.23. The molecular formula is C17H17ClFN3O3S2. The molecule has 27 heavy (non-hydrogen) atoms. The van der Waals surface area contributed by atoms with E-state index >= 15 is 0 Å². The number of carbonyl (C=O) groups excluding carboxylic acids is 2. The average molecular weight is 430 g/mol. The molecule has 1 aromatic carbocycles. The number of thiophene rings is 1. The van der Waals surface area contributed by atoms with Crippen molar-refractivity contribution in [3.8, 4) is 0 Å². The Morgan fingerprint density at radius 1 is 1.30 bits per heavy atom. The number of halogens is 2. The third kappa shape index (κ3) is 4.74. The number of nitrogens with zero attached hydrogens (tertiary/aromatic N) is 1. The number of esters is 1. The molecule has 0 saturated heterocycles. The molecule has 2 N–H and O–H groups in total. The van der Waals surface area contributed by atoms with E-state index in [1.54, 1.807) is 21.0 Å². The maximum atomic E-state index is 13.3.